The van der Waals surface area contributed by atoms with Gasteiger partial charge in [0, 0.05) is 25.2 Å². The maximum Gasteiger partial charge on any atom is 0.156 e. The Labute approximate surface area is 86.7 Å². The van der Waals surface area contributed by atoms with Gasteiger partial charge in [0.1, 0.15) is 0 Å². The van der Waals surface area contributed by atoms with Crippen molar-refractivity contribution in [2.45, 2.75) is 12.7 Å². The predicted molar refractivity (Wildman–Crippen MR) is 60.6 cm³/mol. The normalized spacial score (nSPS) is 11.8. The van der Waals surface area contributed by atoms with Gasteiger partial charge in [0.15, 0.2) is 5.17 Å². The largest absolute Gasteiger partial charge is 0.368 e. The molecule has 1 aromatic heterocycles. The van der Waals surface area contributed by atoms with E-state index in [0.29, 0.717) is 0 Å². The third-order valence-electron chi connectivity index (χ3n) is 1.44. The zero-order valence-electron chi connectivity index (χ0n) is 8.00. The number of hydrogen-bond donors (Lipinski definition) is 1. The summed E-state index contributed by atoms with van der Waals surface area (Å²) < 4.78 is 0. The molecule has 0 spiro atoms. The minimum Gasteiger partial charge on any atom is -0.368 e. The van der Waals surface area contributed by atoms with Gasteiger partial charge >= 0.3 is 0 Å². The van der Waals surface area contributed by atoms with E-state index in [1.165, 1.54) is 0 Å². The van der Waals surface area contributed by atoms with E-state index < -0.39 is 0 Å². The zero-order chi connectivity index (χ0) is 9.68. The van der Waals surface area contributed by atoms with Crippen LogP contribution in [0.5, 0.6) is 0 Å². The third kappa shape index (κ3) is 3.36. The van der Waals surface area contributed by atoms with Crippen molar-refractivity contribution in [1.82, 2.24) is 10.3 Å². The Hall–Kier alpha value is -0.550. The molecule has 13 heavy (non-hydrogen) atoms. The molecule has 0 aliphatic rings. The van der Waals surface area contributed by atoms with Crippen molar-refractivity contribution in [3.05, 3.63) is 16.1 Å². The van der Waals surface area contributed by atoms with Crippen molar-refractivity contribution >= 4 is 28.3 Å². The number of hydrogen-bond acceptors (Lipinski definition) is 4. The number of aromatic nitrogens is 1. The van der Waals surface area contributed by atoms with Crippen LogP contribution in [0.3, 0.4) is 0 Å². The lowest BCUT2D eigenvalue weighted by Crippen LogP contribution is -2.14. The van der Waals surface area contributed by atoms with E-state index in [0.717, 1.165) is 21.6 Å². The number of aryl methyl sites for hydroxylation is 1. The summed E-state index contributed by atoms with van der Waals surface area (Å²) in [6, 6.07) is 0. The van der Waals surface area contributed by atoms with Crippen molar-refractivity contribution in [1.29, 1.82) is 0 Å². The lowest BCUT2D eigenvalue weighted by molar-refractivity contribution is 1.17. The SMILES string of the molecule is CN=C(NC)SCc1csc(C)n1. The molecule has 0 radical (unpaired) electrons. The molecule has 0 atom stereocenters. The number of nitrogens with zero attached hydrogens (tertiary/aromatic N) is 2. The highest BCUT2D eigenvalue weighted by Crippen LogP contribution is 2.15. The van der Waals surface area contributed by atoms with E-state index in [4.69, 9.17) is 0 Å². The van der Waals surface area contributed by atoms with Gasteiger partial charge < -0.3 is 5.32 Å². The summed E-state index contributed by atoms with van der Waals surface area (Å²) in [7, 11) is 3.66. The average molecular weight is 215 g/mol. The molecule has 0 fully saturated rings. The molecule has 1 heterocycles. The van der Waals surface area contributed by atoms with Gasteiger partial charge in [-0.25, -0.2) is 4.98 Å². The molecule has 0 bridgehead atoms. The molecule has 1 N–H and O–H groups in total. The van der Waals surface area contributed by atoms with Crippen molar-refractivity contribution < 1.29 is 0 Å². The Kier molecular flexibility index (Phi) is 4.24. The van der Waals surface area contributed by atoms with Gasteiger partial charge in [-0.15, -0.1) is 11.3 Å². The minimum absolute atomic E-state index is 0.887. The van der Waals surface area contributed by atoms with Gasteiger partial charge in [-0.3, -0.25) is 4.99 Å². The molecule has 0 aliphatic heterocycles. The molecule has 1 rings (SSSR count). The first-order valence-corrected chi connectivity index (χ1v) is 5.81. The van der Waals surface area contributed by atoms with Crippen molar-refractivity contribution in [2.24, 2.45) is 4.99 Å². The van der Waals surface area contributed by atoms with Crippen molar-refractivity contribution in [2.75, 3.05) is 14.1 Å². The van der Waals surface area contributed by atoms with E-state index in [2.05, 4.69) is 20.7 Å². The first kappa shape index (κ1) is 10.5. The molecule has 0 unspecified atom stereocenters. The second kappa shape index (κ2) is 5.24. The van der Waals surface area contributed by atoms with Crippen LogP contribution in [0.2, 0.25) is 0 Å². The van der Waals surface area contributed by atoms with Crippen LogP contribution in [0, 0.1) is 6.92 Å². The van der Waals surface area contributed by atoms with Gasteiger partial charge in [0.05, 0.1) is 10.7 Å². The first-order chi connectivity index (χ1) is 6.26. The van der Waals surface area contributed by atoms with Gasteiger partial charge in [0.2, 0.25) is 0 Å². The second-order valence-electron chi connectivity index (χ2n) is 2.43. The van der Waals surface area contributed by atoms with Crippen LogP contribution < -0.4 is 5.32 Å². The van der Waals surface area contributed by atoms with Crippen LogP contribution in [-0.4, -0.2) is 24.2 Å². The fourth-order valence-corrected chi connectivity index (χ4v) is 2.29. The molecule has 72 valence electrons. The summed E-state index contributed by atoms with van der Waals surface area (Å²) in [5.41, 5.74) is 1.13. The maximum absolute atomic E-state index is 4.37. The van der Waals surface area contributed by atoms with Gasteiger partial charge in [-0.05, 0) is 6.92 Å². The Morgan fingerprint density at radius 1 is 1.77 bits per heavy atom. The standard InChI is InChI=1S/C8H13N3S2/c1-6-11-7(4-12-6)5-13-8(9-2)10-3/h4H,5H2,1-3H3,(H,9,10). The van der Waals surface area contributed by atoms with Gasteiger partial charge in [-0.2, -0.15) is 0 Å². The molecule has 1 aromatic rings. The average Bonchev–Trinajstić information content (AvgIpc) is 2.53. The van der Waals surface area contributed by atoms with Crippen LogP contribution in [0.25, 0.3) is 0 Å². The van der Waals surface area contributed by atoms with Crippen LogP contribution in [-0.2, 0) is 5.75 Å². The number of nitrogens with one attached hydrogen (secondary N) is 1. The molecular formula is C8H13N3S2. The topological polar surface area (TPSA) is 37.3 Å². The van der Waals surface area contributed by atoms with Crippen molar-refractivity contribution in [3.63, 3.8) is 0 Å². The maximum atomic E-state index is 4.37. The highest BCUT2D eigenvalue weighted by molar-refractivity contribution is 8.13. The van der Waals surface area contributed by atoms with E-state index in [-0.39, 0.29) is 0 Å². The smallest absolute Gasteiger partial charge is 0.156 e. The Morgan fingerprint density at radius 2 is 2.54 bits per heavy atom. The van der Waals surface area contributed by atoms with Crippen molar-refractivity contribution in [3.8, 4) is 0 Å². The number of aliphatic imine (C=N–C) groups is 1. The van der Waals surface area contributed by atoms with Crippen LogP contribution in [0.4, 0.5) is 0 Å². The molecule has 0 saturated heterocycles. The van der Waals surface area contributed by atoms with E-state index >= 15 is 0 Å². The Bertz CT molecular complexity index is 293. The molecular weight excluding hydrogens is 202 g/mol. The predicted octanol–water partition coefficient (Wildman–Crippen LogP) is 1.89. The highest BCUT2D eigenvalue weighted by Gasteiger charge is 2.00. The third-order valence-corrected chi connectivity index (χ3v) is 3.36. The lowest BCUT2D eigenvalue weighted by atomic mass is 10.6. The quantitative estimate of drug-likeness (QED) is 0.604. The fourth-order valence-electron chi connectivity index (χ4n) is 0.865. The summed E-state index contributed by atoms with van der Waals surface area (Å²) >= 11 is 3.36. The summed E-state index contributed by atoms with van der Waals surface area (Å²) in [5, 5.41) is 7.18. The van der Waals surface area contributed by atoms with Gasteiger partial charge in [0.25, 0.3) is 0 Å². The molecule has 0 aromatic carbocycles. The minimum atomic E-state index is 0.887. The summed E-state index contributed by atoms with van der Waals surface area (Å²) in [6.07, 6.45) is 0. The summed E-state index contributed by atoms with van der Waals surface area (Å²) in [6.45, 7) is 2.02. The van der Waals surface area contributed by atoms with E-state index in [1.54, 1.807) is 30.1 Å². The molecule has 3 nitrogen and oxygen atoms in total. The first-order valence-electron chi connectivity index (χ1n) is 3.94. The zero-order valence-corrected chi connectivity index (χ0v) is 9.63. The Balaban J connectivity index is 2.43. The van der Waals surface area contributed by atoms with Crippen LogP contribution in [0.15, 0.2) is 10.4 Å². The molecule has 0 amide bonds. The second-order valence-corrected chi connectivity index (χ2v) is 4.45. The molecule has 0 saturated carbocycles. The molecule has 0 aliphatic carbocycles. The number of rotatable bonds is 2. The molecule has 5 heteroatoms. The monoisotopic (exact) mass is 215 g/mol. The van der Waals surface area contributed by atoms with E-state index in [9.17, 15) is 0 Å². The Morgan fingerprint density at radius 3 is 3.00 bits per heavy atom. The fraction of sp³-hybridized carbons (Fsp3) is 0.500. The summed E-state index contributed by atoms with van der Waals surface area (Å²) in [4.78, 5) is 8.44. The van der Waals surface area contributed by atoms with E-state index in [1.807, 2.05) is 14.0 Å². The van der Waals surface area contributed by atoms with Gasteiger partial charge in [-0.1, -0.05) is 11.8 Å². The highest BCUT2D eigenvalue weighted by atomic mass is 32.2. The van der Waals surface area contributed by atoms with Crippen LogP contribution >= 0.6 is 23.1 Å². The van der Waals surface area contributed by atoms with Crippen LogP contribution in [0.1, 0.15) is 10.7 Å². The summed E-state index contributed by atoms with van der Waals surface area (Å²) in [5.74, 6) is 0.887. The number of thioether (sulfide) groups is 1. The lowest BCUT2D eigenvalue weighted by Gasteiger charge is -2.01. The number of amidine groups is 1. The number of thiazole rings is 1.